The van der Waals surface area contributed by atoms with Gasteiger partial charge in [0.1, 0.15) is 0 Å². The van der Waals surface area contributed by atoms with E-state index in [4.69, 9.17) is 9.97 Å². The summed E-state index contributed by atoms with van der Waals surface area (Å²) in [6.45, 7) is 0. The zero-order valence-electron chi connectivity index (χ0n) is 23.2. The largest absolute Gasteiger partial charge is 0.228 e. The van der Waals surface area contributed by atoms with E-state index in [0.29, 0.717) is 0 Å². The monoisotopic (exact) mass is 564 g/mol. The fraction of sp³-hybridized carbons (Fsp3) is 0. The van der Waals surface area contributed by atoms with Gasteiger partial charge in [-0.2, -0.15) is 0 Å². The number of aromatic nitrogens is 2. The molecular weight excluding hydrogens is 541 g/mol. The SMILES string of the molecule is c1ccc(-c2nc(-c3ccc4sc5ccccc5c4c3)cc(-c3c4ccccc4cc4c3ccc3ccccc34)n2)cc1. The Morgan fingerprint density at radius 3 is 1.95 bits per heavy atom. The predicted molar refractivity (Wildman–Crippen MR) is 184 cm³/mol. The first-order valence-electron chi connectivity index (χ1n) is 14.5. The molecule has 9 aromatic rings. The molecule has 0 aliphatic carbocycles. The average Bonchev–Trinajstić information content (AvgIpc) is 3.45. The van der Waals surface area contributed by atoms with Crippen LogP contribution in [0.1, 0.15) is 0 Å². The van der Waals surface area contributed by atoms with Crippen LogP contribution >= 0.6 is 11.3 Å². The molecule has 43 heavy (non-hydrogen) atoms. The van der Waals surface area contributed by atoms with Gasteiger partial charge in [-0.3, -0.25) is 0 Å². The fourth-order valence-electron chi connectivity index (χ4n) is 6.42. The number of fused-ring (bicyclic) bond motifs is 7. The predicted octanol–water partition coefficient (Wildman–Crippen LogP) is 11.3. The molecule has 0 aliphatic heterocycles. The summed E-state index contributed by atoms with van der Waals surface area (Å²) in [6.07, 6.45) is 0. The van der Waals surface area contributed by atoms with E-state index in [-0.39, 0.29) is 0 Å². The molecule has 0 aliphatic rings. The van der Waals surface area contributed by atoms with E-state index >= 15 is 0 Å². The van der Waals surface area contributed by atoms with E-state index in [9.17, 15) is 0 Å². The van der Waals surface area contributed by atoms with Crippen LogP contribution in [-0.2, 0) is 0 Å². The number of thiophene rings is 1. The third-order valence-corrected chi connectivity index (χ3v) is 9.61. The Hall–Kier alpha value is -5.38. The Labute approximate surface area is 252 Å². The Bertz CT molecular complexity index is 2510. The third-order valence-electron chi connectivity index (χ3n) is 8.46. The van der Waals surface area contributed by atoms with Gasteiger partial charge in [0.2, 0.25) is 0 Å². The van der Waals surface area contributed by atoms with Crippen molar-refractivity contribution in [2.75, 3.05) is 0 Å². The lowest BCUT2D eigenvalue weighted by Gasteiger charge is -2.15. The fourth-order valence-corrected chi connectivity index (χ4v) is 7.51. The van der Waals surface area contributed by atoms with E-state index < -0.39 is 0 Å². The van der Waals surface area contributed by atoms with E-state index in [2.05, 4.69) is 127 Å². The van der Waals surface area contributed by atoms with Gasteiger partial charge in [-0.1, -0.05) is 115 Å². The molecule has 0 amide bonds. The molecule has 0 saturated carbocycles. The van der Waals surface area contributed by atoms with Gasteiger partial charge >= 0.3 is 0 Å². The molecule has 0 unspecified atom stereocenters. The quantitative estimate of drug-likeness (QED) is 0.158. The molecule has 200 valence electrons. The van der Waals surface area contributed by atoms with Crippen LogP contribution in [0.5, 0.6) is 0 Å². The lowest BCUT2D eigenvalue weighted by Crippen LogP contribution is -1.97. The molecule has 7 aromatic carbocycles. The van der Waals surface area contributed by atoms with Crippen LogP contribution in [0, 0.1) is 0 Å². The van der Waals surface area contributed by atoms with Crippen LogP contribution in [0.15, 0.2) is 146 Å². The van der Waals surface area contributed by atoms with Gasteiger partial charge in [0.05, 0.1) is 11.4 Å². The van der Waals surface area contributed by atoms with Gasteiger partial charge in [0.25, 0.3) is 0 Å². The maximum atomic E-state index is 5.27. The number of rotatable bonds is 3. The van der Waals surface area contributed by atoms with Crippen molar-refractivity contribution in [1.29, 1.82) is 0 Å². The van der Waals surface area contributed by atoms with Gasteiger partial charge in [0.15, 0.2) is 5.82 Å². The first-order chi connectivity index (χ1) is 21.3. The molecule has 0 atom stereocenters. The van der Waals surface area contributed by atoms with Gasteiger partial charge in [0, 0.05) is 36.9 Å². The third kappa shape index (κ3) is 3.93. The molecular formula is C40H24N2S. The van der Waals surface area contributed by atoms with Crippen molar-refractivity contribution in [3.63, 3.8) is 0 Å². The van der Waals surface area contributed by atoms with E-state index in [1.54, 1.807) is 0 Å². The van der Waals surface area contributed by atoms with Crippen molar-refractivity contribution in [1.82, 2.24) is 9.97 Å². The molecule has 0 bridgehead atoms. The summed E-state index contributed by atoms with van der Waals surface area (Å²) in [6, 6.07) is 52.0. The van der Waals surface area contributed by atoms with Crippen LogP contribution in [0.4, 0.5) is 0 Å². The highest BCUT2D eigenvalue weighted by Gasteiger charge is 2.17. The standard InChI is InChI=1S/C40H24N2S/c1-2-11-26(12-3-1)40-41-35(28-19-21-38-34(23-28)31-16-8-9-17-37(31)43-38)24-36(42-40)39-30-15-7-5-13-27(30)22-33-29-14-6-4-10-25(29)18-20-32(33)39/h1-24H. The van der Waals surface area contributed by atoms with Crippen LogP contribution in [0.2, 0.25) is 0 Å². The van der Waals surface area contributed by atoms with Gasteiger partial charge in [-0.25, -0.2) is 9.97 Å². The zero-order chi connectivity index (χ0) is 28.3. The lowest BCUT2D eigenvalue weighted by atomic mass is 9.91. The number of benzene rings is 7. The number of hydrogen-bond acceptors (Lipinski definition) is 3. The summed E-state index contributed by atoms with van der Waals surface area (Å²) in [5.74, 6) is 0.727. The van der Waals surface area contributed by atoms with E-state index in [1.807, 2.05) is 29.5 Å². The molecule has 0 spiro atoms. The van der Waals surface area contributed by atoms with Crippen molar-refractivity contribution in [3.05, 3.63) is 146 Å². The molecule has 0 N–H and O–H groups in total. The Balaban J connectivity index is 1.37. The summed E-state index contributed by atoms with van der Waals surface area (Å²) in [4.78, 5) is 10.4. The highest BCUT2D eigenvalue weighted by molar-refractivity contribution is 7.25. The molecule has 0 saturated heterocycles. The van der Waals surface area contributed by atoms with Crippen LogP contribution in [0.3, 0.4) is 0 Å². The molecule has 0 fully saturated rings. The number of nitrogens with zero attached hydrogens (tertiary/aromatic N) is 2. The van der Waals surface area contributed by atoms with Crippen LogP contribution < -0.4 is 0 Å². The lowest BCUT2D eigenvalue weighted by molar-refractivity contribution is 1.19. The molecule has 3 heteroatoms. The topological polar surface area (TPSA) is 25.8 Å². The normalized spacial score (nSPS) is 11.7. The second-order valence-corrected chi connectivity index (χ2v) is 12.1. The minimum Gasteiger partial charge on any atom is -0.228 e. The average molecular weight is 565 g/mol. The van der Waals surface area contributed by atoms with E-state index in [1.165, 1.54) is 52.5 Å². The molecule has 2 aromatic heterocycles. The minimum absolute atomic E-state index is 0.727. The highest BCUT2D eigenvalue weighted by Crippen LogP contribution is 2.41. The van der Waals surface area contributed by atoms with Crippen LogP contribution in [-0.4, -0.2) is 9.97 Å². The second-order valence-electron chi connectivity index (χ2n) is 11.0. The molecule has 9 rings (SSSR count). The summed E-state index contributed by atoms with van der Waals surface area (Å²) >= 11 is 1.84. The summed E-state index contributed by atoms with van der Waals surface area (Å²) in [7, 11) is 0. The Kier molecular flexibility index (Phi) is 5.40. The molecule has 2 heterocycles. The van der Waals surface area contributed by atoms with Crippen molar-refractivity contribution in [2.45, 2.75) is 0 Å². The number of hydrogen-bond donors (Lipinski definition) is 0. The Morgan fingerprint density at radius 2 is 1.07 bits per heavy atom. The van der Waals surface area contributed by atoms with Gasteiger partial charge < -0.3 is 0 Å². The van der Waals surface area contributed by atoms with Crippen molar-refractivity contribution in [2.24, 2.45) is 0 Å². The zero-order valence-corrected chi connectivity index (χ0v) is 24.0. The van der Waals surface area contributed by atoms with Gasteiger partial charge in [-0.15, -0.1) is 11.3 Å². The van der Waals surface area contributed by atoms with Gasteiger partial charge in [-0.05, 0) is 62.6 Å². The first-order valence-corrected chi connectivity index (χ1v) is 15.3. The summed E-state index contributed by atoms with van der Waals surface area (Å²) < 4.78 is 2.59. The van der Waals surface area contributed by atoms with Crippen molar-refractivity contribution < 1.29 is 0 Å². The maximum Gasteiger partial charge on any atom is 0.160 e. The van der Waals surface area contributed by atoms with Crippen LogP contribution in [0.25, 0.3) is 86.4 Å². The second kappa shape index (κ2) is 9.59. The van der Waals surface area contributed by atoms with Crippen molar-refractivity contribution in [3.8, 4) is 33.9 Å². The minimum atomic E-state index is 0.727. The highest BCUT2D eigenvalue weighted by atomic mass is 32.1. The van der Waals surface area contributed by atoms with E-state index in [0.717, 1.165) is 33.9 Å². The van der Waals surface area contributed by atoms with Crippen molar-refractivity contribution >= 4 is 63.8 Å². The molecule has 0 radical (unpaired) electrons. The maximum absolute atomic E-state index is 5.27. The first kappa shape index (κ1) is 24.2. The smallest absolute Gasteiger partial charge is 0.160 e. The molecule has 2 nitrogen and oxygen atoms in total. The Morgan fingerprint density at radius 1 is 0.372 bits per heavy atom. The summed E-state index contributed by atoms with van der Waals surface area (Å²) in [5.41, 5.74) is 5.08. The summed E-state index contributed by atoms with van der Waals surface area (Å²) in [5, 5.41) is 9.86.